The van der Waals surface area contributed by atoms with Crippen molar-refractivity contribution in [2.75, 3.05) is 20.4 Å². The van der Waals surface area contributed by atoms with E-state index >= 15 is 0 Å². The number of ether oxygens (including phenoxy) is 3. The Bertz CT molecular complexity index is 673. The molecule has 0 fully saturated rings. The maximum Gasteiger partial charge on any atom is 0.410 e. The zero-order chi connectivity index (χ0) is 21.5. The van der Waals surface area contributed by atoms with Gasteiger partial charge in [0.1, 0.15) is 19.2 Å². The molecule has 1 aromatic carbocycles. The van der Waals surface area contributed by atoms with Gasteiger partial charge in [-0.2, -0.15) is 0 Å². The Morgan fingerprint density at radius 2 is 1.83 bits per heavy atom. The van der Waals surface area contributed by atoms with Crippen LogP contribution in [-0.4, -0.2) is 49.7 Å². The Morgan fingerprint density at radius 3 is 2.48 bits per heavy atom. The van der Waals surface area contributed by atoms with Crippen LogP contribution in [0.5, 0.6) is 0 Å². The molecule has 1 aromatic rings. The van der Waals surface area contributed by atoms with Crippen LogP contribution in [0.1, 0.15) is 25.3 Å². The third-order valence-corrected chi connectivity index (χ3v) is 3.99. The Kier molecular flexibility index (Phi) is 11.9. The van der Waals surface area contributed by atoms with Gasteiger partial charge in [-0.1, -0.05) is 43.7 Å². The normalized spacial score (nSPS) is 11.1. The predicted octanol–water partition coefficient (Wildman–Crippen LogP) is 1.70. The van der Waals surface area contributed by atoms with Crippen molar-refractivity contribution in [3.63, 3.8) is 0 Å². The third-order valence-electron chi connectivity index (χ3n) is 3.40. The fraction of sp³-hybridized carbons (Fsp3) is 0.444. The fourth-order valence-electron chi connectivity index (χ4n) is 2.01. The number of hydrogen-bond donors (Lipinski definition) is 3. The molecule has 2 amide bonds. The molecule has 0 aromatic heterocycles. The van der Waals surface area contributed by atoms with Crippen molar-refractivity contribution >= 4 is 35.2 Å². The first kappa shape index (κ1) is 24.2. The van der Waals surface area contributed by atoms with E-state index in [1.54, 1.807) is 0 Å². The summed E-state index contributed by atoms with van der Waals surface area (Å²) < 4.78 is 16.9. The molecule has 0 aliphatic heterocycles. The average molecular weight is 427 g/mol. The molecule has 10 nitrogen and oxygen atoms in total. The Morgan fingerprint density at radius 1 is 1.10 bits per heavy atom. The topological polar surface area (TPSA) is 132 Å². The fourth-order valence-corrected chi connectivity index (χ4v) is 2.54. The van der Waals surface area contributed by atoms with E-state index in [-0.39, 0.29) is 19.9 Å². The van der Waals surface area contributed by atoms with Gasteiger partial charge < -0.3 is 19.5 Å². The molecule has 1 rings (SSSR count). The van der Waals surface area contributed by atoms with Crippen LogP contribution >= 0.6 is 11.9 Å². The van der Waals surface area contributed by atoms with Crippen molar-refractivity contribution in [2.24, 2.45) is 0 Å². The van der Waals surface area contributed by atoms with E-state index < -0.39 is 29.3 Å². The lowest BCUT2D eigenvalue weighted by Crippen LogP contribution is -2.40. The summed E-state index contributed by atoms with van der Waals surface area (Å²) >= 11 is 0.612. The highest BCUT2D eigenvalue weighted by Gasteiger charge is 2.20. The SMILES string of the molecule is CCC[C@H](NC(=O)SNCC(=O)OCNC(=O)OCc1ccccc1)C(=O)OC. The first-order valence-corrected chi connectivity index (χ1v) is 9.66. The molecule has 0 unspecified atom stereocenters. The number of rotatable bonds is 11. The van der Waals surface area contributed by atoms with E-state index in [0.29, 0.717) is 24.8 Å². The summed E-state index contributed by atoms with van der Waals surface area (Å²) in [5.41, 5.74) is 0.826. The first-order valence-electron chi connectivity index (χ1n) is 8.84. The zero-order valence-electron chi connectivity index (χ0n) is 16.3. The third kappa shape index (κ3) is 11.0. The molecule has 0 heterocycles. The molecular formula is C18H25N3O7S. The number of alkyl carbamates (subject to hydrolysis) is 1. The van der Waals surface area contributed by atoms with Gasteiger partial charge in [-0.25, -0.2) is 14.3 Å². The second-order valence-electron chi connectivity index (χ2n) is 5.62. The van der Waals surface area contributed by atoms with Crippen LogP contribution in [0, 0.1) is 0 Å². The minimum atomic E-state index is -0.746. The van der Waals surface area contributed by atoms with E-state index in [9.17, 15) is 19.2 Å². The Balaban J connectivity index is 2.14. The predicted molar refractivity (Wildman–Crippen MR) is 106 cm³/mol. The summed E-state index contributed by atoms with van der Waals surface area (Å²) in [5.74, 6) is -1.22. The molecule has 0 aliphatic carbocycles. The monoisotopic (exact) mass is 427 g/mol. The lowest BCUT2D eigenvalue weighted by molar-refractivity contribution is -0.143. The van der Waals surface area contributed by atoms with Gasteiger partial charge in [-0.15, -0.1) is 0 Å². The molecule has 0 spiro atoms. The summed E-state index contributed by atoms with van der Waals surface area (Å²) in [5, 5.41) is 4.22. The molecule has 160 valence electrons. The van der Waals surface area contributed by atoms with Gasteiger partial charge >= 0.3 is 18.0 Å². The van der Waals surface area contributed by atoms with Gasteiger partial charge in [-0.05, 0) is 12.0 Å². The Labute approximate surface area is 173 Å². The summed E-state index contributed by atoms with van der Waals surface area (Å²) in [4.78, 5) is 46.4. The molecule has 3 N–H and O–H groups in total. The van der Waals surface area contributed by atoms with E-state index in [1.165, 1.54) is 7.11 Å². The molecule has 0 radical (unpaired) electrons. The quantitative estimate of drug-likeness (QED) is 0.209. The largest absolute Gasteiger partial charge is 0.467 e. The van der Waals surface area contributed by atoms with Crippen molar-refractivity contribution in [1.29, 1.82) is 0 Å². The molecule has 0 aliphatic rings. The number of hydrogen-bond acceptors (Lipinski definition) is 9. The molecule has 0 saturated heterocycles. The standard InChI is InChI=1S/C18H25N3O7S/c1-3-7-14(16(23)26-2)21-18(25)29-20-10-15(22)28-12-19-17(24)27-11-13-8-5-4-6-9-13/h4-6,8-9,14,20H,3,7,10-12H2,1-2H3,(H,19,24)(H,21,25)/t14-/m0/s1. The van der Waals surface area contributed by atoms with Gasteiger partial charge in [-0.3, -0.25) is 14.9 Å². The Hall–Kier alpha value is -2.79. The minimum Gasteiger partial charge on any atom is -0.467 e. The smallest absolute Gasteiger partial charge is 0.410 e. The van der Waals surface area contributed by atoms with E-state index in [2.05, 4.69) is 20.1 Å². The lowest BCUT2D eigenvalue weighted by Gasteiger charge is -2.15. The maximum absolute atomic E-state index is 11.8. The number of amides is 2. The number of nitrogens with one attached hydrogen (secondary N) is 3. The highest BCUT2D eigenvalue weighted by atomic mass is 32.2. The van der Waals surface area contributed by atoms with E-state index in [0.717, 1.165) is 5.56 Å². The minimum absolute atomic E-state index is 0.0958. The van der Waals surface area contributed by atoms with Crippen LogP contribution in [-0.2, 0) is 30.4 Å². The van der Waals surface area contributed by atoms with Crippen LogP contribution < -0.4 is 15.4 Å². The maximum atomic E-state index is 11.8. The van der Waals surface area contributed by atoms with Crippen LogP contribution in [0.3, 0.4) is 0 Å². The second kappa shape index (κ2) is 14.2. The first-order chi connectivity index (χ1) is 14.0. The van der Waals surface area contributed by atoms with Crippen molar-refractivity contribution in [3.8, 4) is 0 Å². The number of carbonyl (C=O) groups is 4. The van der Waals surface area contributed by atoms with Gasteiger partial charge in [0, 0.05) is 11.9 Å². The van der Waals surface area contributed by atoms with Gasteiger partial charge in [0.15, 0.2) is 6.73 Å². The van der Waals surface area contributed by atoms with Crippen molar-refractivity contribution in [2.45, 2.75) is 32.4 Å². The van der Waals surface area contributed by atoms with E-state index in [4.69, 9.17) is 9.47 Å². The van der Waals surface area contributed by atoms with Crippen molar-refractivity contribution < 1.29 is 33.4 Å². The summed E-state index contributed by atoms with van der Waals surface area (Å²) in [6.45, 7) is 1.31. The van der Waals surface area contributed by atoms with Gasteiger partial charge in [0.25, 0.3) is 5.24 Å². The lowest BCUT2D eigenvalue weighted by atomic mass is 10.2. The molecule has 0 saturated carbocycles. The van der Waals surface area contributed by atoms with Crippen LogP contribution in [0.4, 0.5) is 9.59 Å². The molecule has 11 heteroatoms. The number of benzene rings is 1. The molecule has 29 heavy (non-hydrogen) atoms. The number of carbonyl (C=O) groups excluding carboxylic acids is 4. The van der Waals surface area contributed by atoms with Crippen LogP contribution in [0.2, 0.25) is 0 Å². The molecule has 1 atom stereocenters. The second-order valence-corrected chi connectivity index (χ2v) is 6.48. The van der Waals surface area contributed by atoms with Crippen molar-refractivity contribution in [3.05, 3.63) is 35.9 Å². The highest BCUT2D eigenvalue weighted by molar-refractivity contribution is 8.11. The summed E-state index contributed by atoms with van der Waals surface area (Å²) in [6.07, 6.45) is 0.395. The number of esters is 2. The van der Waals surface area contributed by atoms with Crippen LogP contribution in [0.25, 0.3) is 0 Å². The molecule has 0 bridgehead atoms. The molecular weight excluding hydrogens is 402 g/mol. The van der Waals surface area contributed by atoms with E-state index in [1.807, 2.05) is 37.3 Å². The average Bonchev–Trinajstić information content (AvgIpc) is 2.72. The summed E-state index contributed by atoms with van der Waals surface area (Å²) in [6, 6.07) is 8.36. The summed E-state index contributed by atoms with van der Waals surface area (Å²) in [7, 11) is 1.24. The van der Waals surface area contributed by atoms with Crippen LogP contribution in [0.15, 0.2) is 30.3 Å². The highest BCUT2D eigenvalue weighted by Crippen LogP contribution is 2.03. The van der Waals surface area contributed by atoms with Crippen molar-refractivity contribution in [1.82, 2.24) is 15.4 Å². The zero-order valence-corrected chi connectivity index (χ0v) is 17.1. The van der Waals surface area contributed by atoms with Gasteiger partial charge in [0.2, 0.25) is 0 Å². The number of methoxy groups -OCH3 is 1. The van der Waals surface area contributed by atoms with Gasteiger partial charge in [0.05, 0.1) is 7.11 Å².